The summed E-state index contributed by atoms with van der Waals surface area (Å²) in [7, 11) is 1.38. The van der Waals surface area contributed by atoms with Gasteiger partial charge in [0.05, 0.1) is 24.6 Å². The van der Waals surface area contributed by atoms with Gasteiger partial charge in [0.15, 0.2) is 0 Å². The van der Waals surface area contributed by atoms with Crippen molar-refractivity contribution in [3.63, 3.8) is 0 Å². The van der Waals surface area contributed by atoms with Gasteiger partial charge < -0.3 is 0 Å². The highest BCUT2D eigenvalue weighted by molar-refractivity contribution is 5.94. The van der Waals surface area contributed by atoms with E-state index in [0.717, 1.165) is 0 Å². The Hall–Kier alpha value is -1.49. The number of nitrogens with zero attached hydrogens (tertiary/aromatic N) is 2. The summed E-state index contributed by atoms with van der Waals surface area (Å²) in [6.45, 7) is 1.71. The van der Waals surface area contributed by atoms with Crippen LogP contribution in [-0.4, -0.2) is 23.2 Å². The Balaban J connectivity index is 2.87. The van der Waals surface area contributed by atoms with Crippen molar-refractivity contribution in [1.29, 1.82) is 0 Å². The van der Waals surface area contributed by atoms with E-state index in [2.05, 4.69) is 20.5 Å². The van der Waals surface area contributed by atoms with Gasteiger partial charge >= 0.3 is 0 Å². The van der Waals surface area contributed by atoms with E-state index in [-0.39, 0.29) is 5.91 Å². The topological polar surface area (TPSA) is 64.1 Å². The van der Waals surface area contributed by atoms with Crippen LogP contribution in [0.1, 0.15) is 16.1 Å². The molecule has 0 fully saturated rings. The number of rotatable bonds is 2. The highest BCUT2D eigenvalue weighted by Gasteiger charge is 2.07. The smallest absolute Gasteiger partial charge is 0.276 e. The molecule has 1 heterocycles. The van der Waals surface area contributed by atoms with E-state index >= 15 is 0 Å². The standard InChI is InChI=1S/C7H9N3O2/c1-5-6(3-4-8-9-5)7(11)10-12-2/h3-4H,1-2H3,(H,10,11). The zero-order valence-electron chi connectivity index (χ0n) is 6.87. The number of hydroxylamine groups is 1. The fraction of sp³-hybridized carbons (Fsp3) is 0.286. The molecule has 0 aliphatic heterocycles. The highest BCUT2D eigenvalue weighted by atomic mass is 16.6. The Kier molecular flexibility index (Phi) is 2.71. The third-order valence-electron chi connectivity index (χ3n) is 1.34. The monoisotopic (exact) mass is 167 g/mol. The third-order valence-corrected chi connectivity index (χ3v) is 1.34. The molecule has 1 amide bonds. The minimum Gasteiger partial charge on any atom is -0.277 e. The minimum absolute atomic E-state index is 0.315. The van der Waals surface area contributed by atoms with Crippen LogP contribution in [0, 0.1) is 6.92 Å². The Morgan fingerprint density at radius 1 is 1.67 bits per heavy atom. The number of aryl methyl sites for hydroxylation is 1. The Morgan fingerprint density at radius 2 is 2.42 bits per heavy atom. The normalized spacial score (nSPS) is 9.50. The van der Waals surface area contributed by atoms with Gasteiger partial charge in [0.1, 0.15) is 0 Å². The largest absolute Gasteiger partial charge is 0.277 e. The number of aromatic nitrogens is 2. The predicted octanol–water partition coefficient (Wildman–Crippen LogP) is 0.0762. The highest BCUT2D eigenvalue weighted by Crippen LogP contribution is 2.00. The molecule has 0 bridgehead atoms. The van der Waals surface area contributed by atoms with Crippen molar-refractivity contribution in [3.05, 3.63) is 23.5 Å². The van der Waals surface area contributed by atoms with Crippen LogP contribution < -0.4 is 5.48 Å². The first-order valence-corrected chi connectivity index (χ1v) is 3.37. The minimum atomic E-state index is -0.315. The Morgan fingerprint density at radius 3 is 3.00 bits per heavy atom. The lowest BCUT2D eigenvalue weighted by atomic mass is 10.2. The average molecular weight is 167 g/mol. The fourth-order valence-corrected chi connectivity index (χ4v) is 0.790. The van der Waals surface area contributed by atoms with Crippen molar-refractivity contribution in [2.45, 2.75) is 6.92 Å². The number of hydrogen-bond acceptors (Lipinski definition) is 4. The molecule has 0 radical (unpaired) electrons. The summed E-state index contributed by atoms with van der Waals surface area (Å²) < 4.78 is 0. The van der Waals surface area contributed by atoms with Crippen LogP contribution in [0.2, 0.25) is 0 Å². The molecule has 1 aromatic rings. The molecule has 1 rings (SSSR count). The van der Waals surface area contributed by atoms with Crippen LogP contribution >= 0.6 is 0 Å². The molecule has 12 heavy (non-hydrogen) atoms. The lowest BCUT2D eigenvalue weighted by Gasteiger charge is -2.02. The van der Waals surface area contributed by atoms with Gasteiger partial charge in [-0.3, -0.25) is 9.63 Å². The lowest BCUT2D eigenvalue weighted by Crippen LogP contribution is -2.23. The molecule has 0 aromatic carbocycles. The van der Waals surface area contributed by atoms with Gasteiger partial charge in [-0.1, -0.05) is 0 Å². The number of carbonyl (C=O) groups excluding carboxylic acids is 1. The molecule has 0 saturated heterocycles. The molecule has 1 N–H and O–H groups in total. The maximum Gasteiger partial charge on any atom is 0.276 e. The molecule has 5 heteroatoms. The van der Waals surface area contributed by atoms with Crippen molar-refractivity contribution >= 4 is 5.91 Å². The quantitative estimate of drug-likeness (QED) is 0.633. The van der Waals surface area contributed by atoms with E-state index in [1.54, 1.807) is 13.0 Å². The molecule has 0 aliphatic rings. The maximum atomic E-state index is 11.2. The SMILES string of the molecule is CONC(=O)c1ccnnc1C. The van der Waals surface area contributed by atoms with Gasteiger partial charge in [0.2, 0.25) is 0 Å². The van der Waals surface area contributed by atoms with E-state index in [9.17, 15) is 4.79 Å². The molecule has 0 saturated carbocycles. The van der Waals surface area contributed by atoms with Gasteiger partial charge in [-0.25, -0.2) is 5.48 Å². The lowest BCUT2D eigenvalue weighted by molar-refractivity contribution is 0.0536. The van der Waals surface area contributed by atoms with Crippen molar-refractivity contribution in [3.8, 4) is 0 Å². The summed E-state index contributed by atoms with van der Waals surface area (Å²) in [5.74, 6) is -0.315. The molecule has 1 aromatic heterocycles. The zero-order chi connectivity index (χ0) is 8.97. The summed E-state index contributed by atoms with van der Waals surface area (Å²) in [6.07, 6.45) is 1.46. The Bertz CT molecular complexity index is 288. The first kappa shape index (κ1) is 8.61. The second-order valence-corrected chi connectivity index (χ2v) is 2.17. The van der Waals surface area contributed by atoms with Crippen LogP contribution in [0.4, 0.5) is 0 Å². The number of nitrogens with one attached hydrogen (secondary N) is 1. The second kappa shape index (κ2) is 3.77. The molecule has 0 unspecified atom stereocenters. The molecular weight excluding hydrogens is 158 g/mol. The van der Waals surface area contributed by atoms with Crippen LogP contribution in [0.3, 0.4) is 0 Å². The number of amides is 1. The molecule has 0 aliphatic carbocycles. The van der Waals surface area contributed by atoms with Crippen LogP contribution in [-0.2, 0) is 4.84 Å². The number of hydrogen-bond donors (Lipinski definition) is 1. The van der Waals surface area contributed by atoms with E-state index < -0.39 is 0 Å². The first-order valence-electron chi connectivity index (χ1n) is 3.37. The summed E-state index contributed by atoms with van der Waals surface area (Å²) in [5, 5.41) is 7.33. The maximum absolute atomic E-state index is 11.2. The molecule has 64 valence electrons. The van der Waals surface area contributed by atoms with Gasteiger partial charge in [0.25, 0.3) is 5.91 Å². The van der Waals surface area contributed by atoms with Gasteiger partial charge in [0, 0.05) is 0 Å². The van der Waals surface area contributed by atoms with Gasteiger partial charge in [-0.2, -0.15) is 10.2 Å². The molecule has 0 spiro atoms. The summed E-state index contributed by atoms with van der Waals surface area (Å²) in [4.78, 5) is 15.6. The van der Waals surface area contributed by atoms with Crippen molar-refractivity contribution in [2.24, 2.45) is 0 Å². The van der Waals surface area contributed by atoms with Crippen molar-refractivity contribution < 1.29 is 9.63 Å². The van der Waals surface area contributed by atoms with Crippen molar-refractivity contribution in [1.82, 2.24) is 15.7 Å². The van der Waals surface area contributed by atoms with E-state index in [1.807, 2.05) is 0 Å². The molecule has 0 atom stereocenters. The van der Waals surface area contributed by atoms with Crippen LogP contribution in [0.25, 0.3) is 0 Å². The van der Waals surface area contributed by atoms with E-state index in [0.29, 0.717) is 11.3 Å². The van der Waals surface area contributed by atoms with Crippen molar-refractivity contribution in [2.75, 3.05) is 7.11 Å². The first-order chi connectivity index (χ1) is 5.75. The summed E-state index contributed by atoms with van der Waals surface area (Å²) >= 11 is 0. The predicted molar refractivity (Wildman–Crippen MR) is 41.2 cm³/mol. The summed E-state index contributed by atoms with van der Waals surface area (Å²) in [6, 6.07) is 1.58. The van der Waals surface area contributed by atoms with Crippen LogP contribution in [0.15, 0.2) is 12.3 Å². The van der Waals surface area contributed by atoms with Crippen LogP contribution in [0.5, 0.6) is 0 Å². The van der Waals surface area contributed by atoms with Gasteiger partial charge in [-0.05, 0) is 13.0 Å². The molecular formula is C7H9N3O2. The third kappa shape index (κ3) is 1.76. The zero-order valence-corrected chi connectivity index (χ0v) is 6.87. The van der Waals surface area contributed by atoms with E-state index in [1.165, 1.54) is 13.3 Å². The second-order valence-electron chi connectivity index (χ2n) is 2.17. The Labute approximate surface area is 69.7 Å². The summed E-state index contributed by atoms with van der Waals surface area (Å²) in [5.41, 5.74) is 3.24. The van der Waals surface area contributed by atoms with Gasteiger partial charge in [-0.15, -0.1) is 0 Å². The number of carbonyl (C=O) groups is 1. The average Bonchev–Trinajstić information content (AvgIpc) is 2.05. The molecule has 5 nitrogen and oxygen atoms in total. The van der Waals surface area contributed by atoms with E-state index in [4.69, 9.17) is 0 Å². The fourth-order valence-electron chi connectivity index (χ4n) is 0.790.